The zero-order chi connectivity index (χ0) is 10.7. The fourth-order valence-corrected chi connectivity index (χ4v) is 1.81. The van der Waals surface area contributed by atoms with Crippen molar-refractivity contribution in [1.82, 2.24) is 4.90 Å². The minimum Gasteiger partial charge on any atom is -0.377 e. The highest BCUT2D eigenvalue weighted by atomic mass is 15.1. The molecule has 1 fully saturated rings. The van der Waals surface area contributed by atoms with Crippen LogP contribution in [-0.4, -0.2) is 19.0 Å². The van der Waals surface area contributed by atoms with Gasteiger partial charge in [0.15, 0.2) is 0 Å². The summed E-state index contributed by atoms with van der Waals surface area (Å²) in [5.74, 6) is 1.65. The minimum atomic E-state index is 0.821. The highest BCUT2D eigenvalue weighted by molar-refractivity contribution is 5.44. The summed E-state index contributed by atoms with van der Waals surface area (Å²) in [4.78, 5) is 2.17. The molecule has 1 saturated carbocycles. The lowest BCUT2D eigenvalue weighted by atomic mass is 10.0. The lowest BCUT2D eigenvalue weighted by Gasteiger charge is -2.20. The molecule has 0 N–H and O–H groups in total. The Morgan fingerprint density at radius 3 is 2.36 bits per heavy atom. The first kappa shape index (κ1) is 11.1. The number of nitrogens with zero attached hydrogens (tertiary/aromatic N) is 1. The summed E-state index contributed by atoms with van der Waals surface area (Å²) >= 11 is 0. The van der Waals surface area contributed by atoms with Crippen LogP contribution in [0.4, 0.5) is 0 Å². The first-order valence-corrected chi connectivity index (χ1v) is 5.46. The van der Waals surface area contributed by atoms with Crippen LogP contribution in [0.25, 0.3) is 0 Å². The molecule has 0 aromatic rings. The van der Waals surface area contributed by atoms with Crippen molar-refractivity contribution >= 4 is 0 Å². The van der Waals surface area contributed by atoms with Crippen LogP contribution in [-0.2, 0) is 0 Å². The lowest BCUT2D eigenvalue weighted by molar-refractivity contribution is 0.516. The largest absolute Gasteiger partial charge is 0.377 e. The molecular formula is C13H21N. The van der Waals surface area contributed by atoms with E-state index < -0.39 is 0 Å². The van der Waals surface area contributed by atoms with E-state index in [4.69, 9.17) is 0 Å². The Kier molecular flexibility index (Phi) is 3.56. The minimum absolute atomic E-state index is 0.821. The number of hydrogen-bond acceptors (Lipinski definition) is 1. The van der Waals surface area contributed by atoms with Crippen LogP contribution in [0.5, 0.6) is 0 Å². The van der Waals surface area contributed by atoms with E-state index in [1.54, 1.807) is 0 Å². The maximum Gasteiger partial charge on any atom is 0.0393 e. The van der Waals surface area contributed by atoms with Gasteiger partial charge in [-0.3, -0.25) is 0 Å². The molecule has 0 heterocycles. The summed E-state index contributed by atoms with van der Waals surface area (Å²) in [6, 6.07) is 0. The molecule has 1 heteroatoms. The molecule has 2 unspecified atom stereocenters. The average Bonchev–Trinajstić information content (AvgIpc) is 2.96. The van der Waals surface area contributed by atoms with E-state index in [1.165, 1.54) is 17.7 Å². The predicted molar refractivity (Wildman–Crippen MR) is 63.0 cm³/mol. The van der Waals surface area contributed by atoms with E-state index in [1.807, 2.05) is 19.9 Å². The third-order valence-electron chi connectivity index (χ3n) is 2.65. The summed E-state index contributed by atoms with van der Waals surface area (Å²) in [5, 5.41) is 0. The fourth-order valence-electron chi connectivity index (χ4n) is 1.81. The SMILES string of the molecule is C=CC1=CC2CC2C=C1N(C)C.CC. The molecule has 78 valence electrons. The van der Waals surface area contributed by atoms with Gasteiger partial charge in [0.05, 0.1) is 0 Å². The van der Waals surface area contributed by atoms with Gasteiger partial charge in [0.2, 0.25) is 0 Å². The van der Waals surface area contributed by atoms with Crippen LogP contribution >= 0.6 is 0 Å². The second-order valence-electron chi connectivity index (χ2n) is 3.84. The Morgan fingerprint density at radius 1 is 1.29 bits per heavy atom. The Balaban J connectivity index is 0.000000461. The highest BCUT2D eigenvalue weighted by Crippen LogP contribution is 2.46. The van der Waals surface area contributed by atoms with Crippen molar-refractivity contribution in [2.24, 2.45) is 11.8 Å². The van der Waals surface area contributed by atoms with Crippen LogP contribution in [0, 0.1) is 11.8 Å². The number of likely N-dealkylation sites (N-methyl/N-ethyl adjacent to an activating group) is 1. The highest BCUT2D eigenvalue weighted by Gasteiger charge is 2.37. The molecule has 2 aliphatic carbocycles. The molecule has 0 aliphatic heterocycles. The van der Waals surface area contributed by atoms with Crippen molar-refractivity contribution in [3.63, 3.8) is 0 Å². The summed E-state index contributed by atoms with van der Waals surface area (Å²) in [6.45, 7) is 7.83. The number of allylic oxidation sites excluding steroid dienone is 3. The van der Waals surface area contributed by atoms with Gasteiger partial charge >= 0.3 is 0 Å². The maximum absolute atomic E-state index is 3.83. The monoisotopic (exact) mass is 191 g/mol. The molecular weight excluding hydrogens is 170 g/mol. The molecule has 0 bridgehead atoms. The normalized spacial score (nSPS) is 27.4. The first-order chi connectivity index (χ1) is 6.72. The van der Waals surface area contributed by atoms with Gasteiger partial charge in [-0.2, -0.15) is 0 Å². The zero-order valence-electron chi connectivity index (χ0n) is 9.75. The number of hydrogen-bond donors (Lipinski definition) is 0. The smallest absolute Gasteiger partial charge is 0.0393 e. The molecule has 2 atom stereocenters. The summed E-state index contributed by atoms with van der Waals surface area (Å²) in [7, 11) is 4.18. The van der Waals surface area contributed by atoms with Crippen molar-refractivity contribution in [2.45, 2.75) is 20.3 Å². The van der Waals surface area contributed by atoms with Gasteiger partial charge in [0.1, 0.15) is 0 Å². The molecule has 0 spiro atoms. The van der Waals surface area contributed by atoms with E-state index >= 15 is 0 Å². The van der Waals surface area contributed by atoms with E-state index in [-0.39, 0.29) is 0 Å². The second kappa shape index (κ2) is 4.50. The van der Waals surface area contributed by atoms with Crippen molar-refractivity contribution in [1.29, 1.82) is 0 Å². The standard InChI is InChI=1S/C11H15N.C2H6/c1-4-8-5-9-6-10(9)7-11(8)12(2)3;1-2/h4-5,7,9-10H,1,6H2,2-3H3;1-2H3. The molecule has 0 aromatic heterocycles. The molecule has 2 rings (SSSR count). The average molecular weight is 191 g/mol. The Labute approximate surface area is 87.8 Å². The van der Waals surface area contributed by atoms with E-state index in [0.29, 0.717) is 0 Å². The topological polar surface area (TPSA) is 3.24 Å². The van der Waals surface area contributed by atoms with Gasteiger partial charge in [0.25, 0.3) is 0 Å². The Morgan fingerprint density at radius 2 is 1.86 bits per heavy atom. The van der Waals surface area contributed by atoms with Crippen molar-refractivity contribution in [2.75, 3.05) is 14.1 Å². The van der Waals surface area contributed by atoms with Gasteiger partial charge in [0, 0.05) is 19.8 Å². The van der Waals surface area contributed by atoms with Crippen LogP contribution in [0.15, 0.2) is 36.1 Å². The van der Waals surface area contributed by atoms with E-state index in [0.717, 1.165) is 11.8 Å². The Hall–Kier alpha value is -0.980. The lowest BCUT2D eigenvalue weighted by Crippen LogP contribution is -2.14. The molecule has 2 aliphatic rings. The van der Waals surface area contributed by atoms with Crippen molar-refractivity contribution < 1.29 is 0 Å². The van der Waals surface area contributed by atoms with Crippen molar-refractivity contribution in [3.05, 3.63) is 36.1 Å². The maximum atomic E-state index is 3.83. The summed E-state index contributed by atoms with van der Waals surface area (Å²) in [6.07, 6.45) is 8.03. The quantitative estimate of drug-likeness (QED) is 0.648. The fraction of sp³-hybridized carbons (Fsp3) is 0.538. The van der Waals surface area contributed by atoms with Crippen LogP contribution in [0.2, 0.25) is 0 Å². The van der Waals surface area contributed by atoms with Crippen LogP contribution < -0.4 is 0 Å². The van der Waals surface area contributed by atoms with Gasteiger partial charge in [-0.15, -0.1) is 0 Å². The molecule has 14 heavy (non-hydrogen) atoms. The molecule has 1 nitrogen and oxygen atoms in total. The Bertz CT molecular complexity index is 271. The molecule has 0 saturated heterocycles. The molecule has 0 radical (unpaired) electrons. The van der Waals surface area contributed by atoms with Crippen LogP contribution in [0.1, 0.15) is 20.3 Å². The van der Waals surface area contributed by atoms with E-state index in [2.05, 4.69) is 37.7 Å². The third kappa shape index (κ3) is 2.09. The summed E-state index contributed by atoms with van der Waals surface area (Å²) < 4.78 is 0. The predicted octanol–water partition coefficient (Wildman–Crippen LogP) is 3.22. The first-order valence-electron chi connectivity index (χ1n) is 5.46. The van der Waals surface area contributed by atoms with Crippen molar-refractivity contribution in [3.8, 4) is 0 Å². The molecule has 0 aromatic carbocycles. The number of fused-ring (bicyclic) bond motifs is 1. The van der Waals surface area contributed by atoms with E-state index in [9.17, 15) is 0 Å². The van der Waals surface area contributed by atoms with Crippen LogP contribution in [0.3, 0.4) is 0 Å². The van der Waals surface area contributed by atoms with Gasteiger partial charge in [-0.25, -0.2) is 0 Å². The third-order valence-corrected chi connectivity index (χ3v) is 2.65. The summed E-state index contributed by atoms with van der Waals surface area (Å²) in [5.41, 5.74) is 2.64. The van der Waals surface area contributed by atoms with Gasteiger partial charge in [-0.05, 0) is 23.8 Å². The van der Waals surface area contributed by atoms with Gasteiger partial charge < -0.3 is 4.90 Å². The molecule has 0 amide bonds. The number of rotatable bonds is 2. The zero-order valence-corrected chi connectivity index (χ0v) is 9.75. The van der Waals surface area contributed by atoms with Gasteiger partial charge in [-0.1, -0.05) is 38.7 Å². The second-order valence-corrected chi connectivity index (χ2v) is 3.84.